The van der Waals surface area contributed by atoms with Crippen LogP contribution in [0.1, 0.15) is 55.6 Å². The van der Waals surface area contributed by atoms with Crippen LogP contribution in [0.3, 0.4) is 0 Å². The molecule has 2 aromatic heterocycles. The number of hydrogen-bond acceptors (Lipinski definition) is 7. The number of rotatable bonds is 5. The van der Waals surface area contributed by atoms with Gasteiger partial charge in [0.1, 0.15) is 22.7 Å². The zero-order valence-electron chi connectivity index (χ0n) is 19.4. The molecule has 0 bridgehead atoms. The molecule has 0 spiro atoms. The first-order valence-electron chi connectivity index (χ1n) is 11.7. The lowest BCUT2D eigenvalue weighted by Crippen LogP contribution is -2.19. The molecule has 0 amide bonds. The molecule has 8 nitrogen and oxygen atoms in total. The van der Waals surface area contributed by atoms with Crippen LogP contribution in [0.2, 0.25) is 5.15 Å². The van der Waals surface area contributed by atoms with E-state index in [1.54, 1.807) is 12.1 Å². The number of fused-ring (bicyclic) bond motifs is 1. The van der Waals surface area contributed by atoms with Gasteiger partial charge in [0, 0.05) is 31.5 Å². The van der Waals surface area contributed by atoms with E-state index in [9.17, 15) is 8.42 Å². The molecule has 3 aromatic rings. The molecule has 2 saturated heterocycles. The number of imidazole rings is 1. The summed E-state index contributed by atoms with van der Waals surface area (Å²) < 4.78 is 39.0. The van der Waals surface area contributed by atoms with Gasteiger partial charge < -0.3 is 14.8 Å². The van der Waals surface area contributed by atoms with E-state index in [4.69, 9.17) is 26.1 Å². The normalized spacial score (nSPS) is 21.6. The van der Waals surface area contributed by atoms with Crippen molar-refractivity contribution < 1.29 is 17.9 Å². The molecule has 0 aliphatic carbocycles. The van der Waals surface area contributed by atoms with Crippen molar-refractivity contribution in [1.29, 1.82) is 0 Å². The molecule has 182 valence electrons. The van der Waals surface area contributed by atoms with Crippen molar-refractivity contribution >= 4 is 44.0 Å². The van der Waals surface area contributed by atoms with Gasteiger partial charge in [0.15, 0.2) is 15.5 Å². The quantitative estimate of drug-likeness (QED) is 0.481. The topological polar surface area (TPSA) is 95.3 Å². The molecule has 10 heteroatoms. The third kappa shape index (κ3) is 4.66. The molecule has 2 fully saturated rings. The van der Waals surface area contributed by atoms with Gasteiger partial charge in [-0.15, -0.1) is 0 Å². The van der Waals surface area contributed by atoms with Crippen LogP contribution >= 0.6 is 11.6 Å². The fraction of sp³-hybridized carbons (Fsp3) is 0.500. The van der Waals surface area contributed by atoms with E-state index in [1.807, 2.05) is 23.6 Å². The number of aryl methyl sites for hydroxylation is 1. The molecule has 34 heavy (non-hydrogen) atoms. The highest BCUT2D eigenvalue weighted by Crippen LogP contribution is 2.36. The number of anilines is 2. The van der Waals surface area contributed by atoms with Crippen molar-refractivity contribution in [1.82, 2.24) is 14.5 Å². The Morgan fingerprint density at radius 2 is 1.94 bits per heavy atom. The summed E-state index contributed by atoms with van der Waals surface area (Å²) in [5.41, 5.74) is 3.30. The van der Waals surface area contributed by atoms with Crippen molar-refractivity contribution in [3.63, 3.8) is 0 Å². The van der Waals surface area contributed by atoms with Crippen LogP contribution < -0.4 is 5.32 Å². The van der Waals surface area contributed by atoms with Gasteiger partial charge >= 0.3 is 0 Å². The lowest BCUT2D eigenvalue weighted by molar-refractivity contribution is -0.0309. The van der Waals surface area contributed by atoms with Crippen LogP contribution in [-0.2, 0) is 19.3 Å². The molecule has 5 rings (SSSR count). The van der Waals surface area contributed by atoms with Gasteiger partial charge in [-0.2, -0.15) is 0 Å². The van der Waals surface area contributed by atoms with Crippen molar-refractivity contribution in [2.24, 2.45) is 0 Å². The van der Waals surface area contributed by atoms with Gasteiger partial charge in [-0.25, -0.2) is 18.4 Å². The van der Waals surface area contributed by atoms with Gasteiger partial charge in [0.25, 0.3) is 0 Å². The number of aromatic nitrogens is 3. The lowest BCUT2D eigenvalue weighted by atomic mass is 9.93. The second-order valence-electron chi connectivity index (χ2n) is 9.08. The summed E-state index contributed by atoms with van der Waals surface area (Å²) in [6.45, 7) is 3.98. The van der Waals surface area contributed by atoms with E-state index in [-0.39, 0.29) is 17.0 Å². The largest absolute Gasteiger partial charge is 0.381 e. The summed E-state index contributed by atoms with van der Waals surface area (Å²) in [7, 11) is -3.50. The first-order chi connectivity index (χ1) is 16.3. The fourth-order valence-corrected chi connectivity index (χ4v) is 5.92. The van der Waals surface area contributed by atoms with Gasteiger partial charge in [0.05, 0.1) is 22.9 Å². The molecule has 0 saturated carbocycles. The van der Waals surface area contributed by atoms with E-state index < -0.39 is 9.84 Å². The predicted octanol–water partition coefficient (Wildman–Crippen LogP) is 5.13. The van der Waals surface area contributed by atoms with Gasteiger partial charge in [-0.3, -0.25) is 4.57 Å². The summed E-state index contributed by atoms with van der Waals surface area (Å²) in [5.74, 6) is 0.968. The van der Waals surface area contributed by atoms with Crippen LogP contribution in [0.4, 0.5) is 11.4 Å². The number of ether oxygens (including phenoxy) is 2. The number of pyridine rings is 1. The lowest BCUT2D eigenvalue weighted by Gasteiger charge is -2.25. The van der Waals surface area contributed by atoms with Crippen molar-refractivity contribution in [3.05, 3.63) is 40.8 Å². The van der Waals surface area contributed by atoms with Crippen LogP contribution in [0.25, 0.3) is 11.2 Å². The number of halogens is 1. The van der Waals surface area contributed by atoms with Gasteiger partial charge in [-0.05, 0) is 56.7 Å². The molecule has 0 radical (unpaired) electrons. The van der Waals surface area contributed by atoms with E-state index in [2.05, 4.69) is 10.3 Å². The van der Waals surface area contributed by atoms with Crippen molar-refractivity contribution in [2.75, 3.05) is 31.4 Å². The average Bonchev–Trinajstić information content (AvgIpc) is 3.15. The minimum atomic E-state index is -3.50. The summed E-state index contributed by atoms with van der Waals surface area (Å²) in [6.07, 6.45) is 6.04. The van der Waals surface area contributed by atoms with Gasteiger partial charge in [-0.1, -0.05) is 17.7 Å². The fourth-order valence-electron chi connectivity index (χ4n) is 4.86. The second-order valence-corrected chi connectivity index (χ2v) is 11.5. The minimum absolute atomic E-state index is 0.138. The highest BCUT2D eigenvalue weighted by molar-refractivity contribution is 7.90. The maximum absolute atomic E-state index is 12.7. The average molecular weight is 505 g/mol. The number of nitrogens with zero attached hydrogens (tertiary/aromatic N) is 3. The highest BCUT2D eigenvalue weighted by atomic mass is 35.5. The molecular weight excluding hydrogens is 476 g/mol. The SMILES string of the molecule is Cc1nc2c(Nc3ccc(C4CCCOC4)cc3S(C)(=O)=O)cc(Cl)nc2n1C1CCCCO1. The molecule has 2 aliphatic heterocycles. The van der Waals surface area contributed by atoms with Crippen LogP contribution in [0.15, 0.2) is 29.2 Å². The Labute approximate surface area is 204 Å². The number of benzene rings is 1. The zero-order valence-corrected chi connectivity index (χ0v) is 21.0. The third-order valence-electron chi connectivity index (χ3n) is 6.54. The summed E-state index contributed by atoms with van der Waals surface area (Å²) >= 11 is 6.40. The molecule has 1 aromatic carbocycles. The highest BCUT2D eigenvalue weighted by Gasteiger charge is 2.25. The van der Waals surface area contributed by atoms with Crippen LogP contribution in [0.5, 0.6) is 0 Å². The summed E-state index contributed by atoms with van der Waals surface area (Å²) in [4.78, 5) is 9.52. The Morgan fingerprint density at radius 3 is 2.65 bits per heavy atom. The zero-order chi connectivity index (χ0) is 23.9. The number of nitrogens with one attached hydrogen (secondary N) is 1. The van der Waals surface area contributed by atoms with Crippen LogP contribution in [-0.4, -0.2) is 49.0 Å². The predicted molar refractivity (Wildman–Crippen MR) is 132 cm³/mol. The smallest absolute Gasteiger partial charge is 0.177 e. The first kappa shape index (κ1) is 23.5. The van der Waals surface area contributed by atoms with Crippen molar-refractivity contribution in [2.45, 2.75) is 56.1 Å². The van der Waals surface area contributed by atoms with E-state index >= 15 is 0 Å². The Bertz CT molecular complexity index is 1310. The second kappa shape index (κ2) is 9.45. The number of hydrogen-bond donors (Lipinski definition) is 1. The summed E-state index contributed by atoms with van der Waals surface area (Å²) in [5, 5.41) is 3.58. The number of sulfone groups is 1. The van der Waals surface area contributed by atoms with Crippen LogP contribution in [0, 0.1) is 6.92 Å². The van der Waals surface area contributed by atoms with Crippen molar-refractivity contribution in [3.8, 4) is 0 Å². The Morgan fingerprint density at radius 1 is 1.09 bits per heavy atom. The molecule has 2 aliphatic rings. The maximum atomic E-state index is 12.7. The van der Waals surface area contributed by atoms with E-state index in [0.717, 1.165) is 50.1 Å². The molecule has 2 unspecified atom stereocenters. The Kier molecular flexibility index (Phi) is 6.54. The molecule has 4 heterocycles. The van der Waals surface area contributed by atoms with E-state index in [0.29, 0.717) is 40.9 Å². The van der Waals surface area contributed by atoms with E-state index in [1.165, 1.54) is 6.26 Å². The standard InChI is InChI=1S/C24H29ClN4O4S/c1-15-26-23-19(13-21(25)28-24(23)29(15)22-7-3-4-11-33-22)27-18-9-8-16(12-20(18)34(2,30)31)17-6-5-10-32-14-17/h8-9,12-13,17,22H,3-7,10-11,14H2,1-2H3,(H,27,28). The molecular formula is C24H29ClN4O4S. The Hall–Kier alpha value is -2.20. The third-order valence-corrected chi connectivity index (χ3v) is 7.87. The maximum Gasteiger partial charge on any atom is 0.177 e. The summed E-state index contributed by atoms with van der Waals surface area (Å²) in [6, 6.07) is 7.22. The minimum Gasteiger partial charge on any atom is -0.381 e. The molecule has 2 atom stereocenters. The Balaban J connectivity index is 1.56. The first-order valence-corrected chi connectivity index (χ1v) is 13.9. The molecule has 1 N–H and O–H groups in total. The monoisotopic (exact) mass is 504 g/mol. The van der Waals surface area contributed by atoms with Gasteiger partial charge in [0.2, 0.25) is 0 Å².